The average molecular weight is 184 g/mol. The molecule has 0 aromatic carbocycles. The van der Waals surface area contributed by atoms with Crippen LogP contribution in [0.4, 0.5) is 0 Å². The van der Waals surface area contributed by atoms with Crippen molar-refractivity contribution in [3.8, 4) is 0 Å². The maximum absolute atomic E-state index is 5.84. The molecule has 0 amide bonds. The summed E-state index contributed by atoms with van der Waals surface area (Å²) in [5.74, 6) is 0.482. The van der Waals surface area contributed by atoms with E-state index in [0.29, 0.717) is 5.92 Å². The van der Waals surface area contributed by atoms with Gasteiger partial charge in [0.1, 0.15) is 0 Å². The first kappa shape index (κ1) is 9.68. The minimum Gasteiger partial charge on any atom is -0.323 e. The van der Waals surface area contributed by atoms with Crippen molar-refractivity contribution in [3.63, 3.8) is 0 Å². The van der Waals surface area contributed by atoms with E-state index in [-0.39, 0.29) is 6.04 Å². The van der Waals surface area contributed by atoms with Gasteiger partial charge in [0.05, 0.1) is 10.7 Å². The van der Waals surface area contributed by atoms with E-state index < -0.39 is 0 Å². The molecule has 0 fully saturated rings. The van der Waals surface area contributed by atoms with E-state index in [1.165, 1.54) is 10.6 Å². The van der Waals surface area contributed by atoms with Gasteiger partial charge in [0.15, 0.2) is 0 Å². The van der Waals surface area contributed by atoms with Crippen LogP contribution in [-0.2, 0) is 0 Å². The lowest BCUT2D eigenvalue weighted by Gasteiger charge is -2.07. The molecule has 0 saturated heterocycles. The summed E-state index contributed by atoms with van der Waals surface area (Å²) in [5.41, 5.74) is 7.01. The summed E-state index contributed by atoms with van der Waals surface area (Å²) in [5, 5.41) is 1.12. The van der Waals surface area contributed by atoms with Gasteiger partial charge in [0.25, 0.3) is 0 Å². The third-order valence-electron chi connectivity index (χ3n) is 1.75. The van der Waals surface area contributed by atoms with E-state index in [1.807, 2.05) is 13.8 Å². The molecular weight excluding hydrogens is 168 g/mol. The Morgan fingerprint density at radius 2 is 1.92 bits per heavy atom. The maximum Gasteiger partial charge on any atom is 0.0900 e. The molecule has 0 aliphatic heterocycles. The normalized spacial score (nSPS) is 13.8. The Morgan fingerprint density at radius 3 is 2.25 bits per heavy atom. The van der Waals surface area contributed by atoms with Gasteiger partial charge in [-0.25, -0.2) is 4.98 Å². The summed E-state index contributed by atoms with van der Waals surface area (Å²) < 4.78 is 0. The second kappa shape index (κ2) is 3.54. The average Bonchev–Trinajstić information content (AvgIpc) is 2.31. The van der Waals surface area contributed by atoms with Crippen molar-refractivity contribution in [1.82, 2.24) is 4.98 Å². The molecule has 3 heteroatoms. The van der Waals surface area contributed by atoms with Gasteiger partial charge in [0, 0.05) is 10.9 Å². The SMILES string of the molecule is Cc1nc(C(C)C)c(C(C)N)s1. The summed E-state index contributed by atoms with van der Waals surface area (Å²) in [6.45, 7) is 8.35. The Bertz CT molecular complexity index is 238. The van der Waals surface area contributed by atoms with Crippen LogP contribution in [0.25, 0.3) is 0 Å². The van der Waals surface area contributed by atoms with Crippen molar-refractivity contribution in [2.75, 3.05) is 0 Å². The van der Waals surface area contributed by atoms with Crippen LogP contribution in [0, 0.1) is 6.92 Å². The van der Waals surface area contributed by atoms with Crippen LogP contribution in [0.1, 0.15) is 48.3 Å². The van der Waals surface area contributed by atoms with Crippen LogP contribution >= 0.6 is 11.3 Å². The van der Waals surface area contributed by atoms with Crippen LogP contribution in [0.15, 0.2) is 0 Å². The highest BCUT2D eigenvalue weighted by Crippen LogP contribution is 2.28. The zero-order chi connectivity index (χ0) is 9.30. The van der Waals surface area contributed by atoms with Gasteiger partial charge < -0.3 is 5.73 Å². The monoisotopic (exact) mass is 184 g/mol. The predicted molar refractivity (Wildman–Crippen MR) is 53.5 cm³/mol. The minimum absolute atomic E-state index is 0.119. The van der Waals surface area contributed by atoms with Gasteiger partial charge in [-0.05, 0) is 19.8 Å². The van der Waals surface area contributed by atoms with Gasteiger partial charge in [-0.2, -0.15) is 0 Å². The highest BCUT2D eigenvalue weighted by Gasteiger charge is 2.14. The molecular formula is C9H16N2S. The van der Waals surface area contributed by atoms with Crippen molar-refractivity contribution in [2.45, 2.75) is 39.7 Å². The molecule has 0 saturated carbocycles. The summed E-state index contributed by atoms with van der Waals surface area (Å²) >= 11 is 1.71. The molecule has 0 radical (unpaired) electrons. The number of rotatable bonds is 2. The van der Waals surface area contributed by atoms with E-state index in [4.69, 9.17) is 5.73 Å². The van der Waals surface area contributed by atoms with Crippen molar-refractivity contribution >= 4 is 11.3 Å². The first-order valence-electron chi connectivity index (χ1n) is 4.25. The third kappa shape index (κ3) is 1.84. The molecule has 0 aliphatic rings. The van der Waals surface area contributed by atoms with Crippen LogP contribution in [0.3, 0.4) is 0 Å². The van der Waals surface area contributed by atoms with E-state index >= 15 is 0 Å². The van der Waals surface area contributed by atoms with Crippen molar-refractivity contribution in [1.29, 1.82) is 0 Å². The number of aryl methyl sites for hydroxylation is 1. The summed E-state index contributed by atoms with van der Waals surface area (Å²) in [6.07, 6.45) is 0. The molecule has 2 N–H and O–H groups in total. The number of hydrogen-bond donors (Lipinski definition) is 1. The third-order valence-corrected chi connectivity index (χ3v) is 2.94. The molecule has 0 spiro atoms. The van der Waals surface area contributed by atoms with E-state index in [1.54, 1.807) is 11.3 Å². The highest BCUT2D eigenvalue weighted by molar-refractivity contribution is 7.11. The fourth-order valence-corrected chi connectivity index (χ4v) is 2.23. The van der Waals surface area contributed by atoms with Crippen LogP contribution in [0.5, 0.6) is 0 Å². The zero-order valence-corrected chi connectivity index (χ0v) is 8.90. The largest absolute Gasteiger partial charge is 0.323 e. The maximum atomic E-state index is 5.84. The Morgan fingerprint density at radius 1 is 1.33 bits per heavy atom. The number of hydrogen-bond acceptors (Lipinski definition) is 3. The van der Waals surface area contributed by atoms with Crippen molar-refractivity contribution < 1.29 is 0 Å². The van der Waals surface area contributed by atoms with Crippen LogP contribution < -0.4 is 5.73 Å². The zero-order valence-electron chi connectivity index (χ0n) is 8.09. The van der Waals surface area contributed by atoms with Gasteiger partial charge in [0.2, 0.25) is 0 Å². The van der Waals surface area contributed by atoms with E-state index in [9.17, 15) is 0 Å². The lowest BCUT2D eigenvalue weighted by atomic mass is 10.1. The predicted octanol–water partition coefficient (Wildman–Crippen LogP) is 2.59. The van der Waals surface area contributed by atoms with E-state index in [0.717, 1.165) is 5.01 Å². The lowest BCUT2D eigenvalue weighted by Crippen LogP contribution is -2.06. The fraction of sp³-hybridized carbons (Fsp3) is 0.667. The number of thiazole rings is 1. The second-order valence-corrected chi connectivity index (χ2v) is 4.66. The number of nitrogens with zero attached hydrogens (tertiary/aromatic N) is 1. The Hall–Kier alpha value is -0.410. The standard InChI is InChI=1S/C9H16N2S/c1-5(2)8-9(6(3)10)12-7(4)11-8/h5-6H,10H2,1-4H3. The fourth-order valence-electron chi connectivity index (χ4n) is 1.20. The molecule has 12 heavy (non-hydrogen) atoms. The lowest BCUT2D eigenvalue weighted by molar-refractivity contribution is 0.761. The van der Waals surface area contributed by atoms with Crippen molar-refractivity contribution in [2.24, 2.45) is 5.73 Å². The van der Waals surface area contributed by atoms with Gasteiger partial charge in [-0.15, -0.1) is 11.3 Å². The molecule has 1 heterocycles. The van der Waals surface area contributed by atoms with Crippen molar-refractivity contribution in [3.05, 3.63) is 15.6 Å². The molecule has 0 aliphatic carbocycles. The van der Waals surface area contributed by atoms with Gasteiger partial charge in [-0.3, -0.25) is 0 Å². The Labute approximate surface area is 77.8 Å². The first-order valence-corrected chi connectivity index (χ1v) is 5.06. The quantitative estimate of drug-likeness (QED) is 0.767. The summed E-state index contributed by atoms with van der Waals surface area (Å²) in [4.78, 5) is 5.71. The molecule has 0 bridgehead atoms. The number of aromatic nitrogens is 1. The molecule has 1 unspecified atom stereocenters. The second-order valence-electron chi connectivity index (χ2n) is 3.43. The van der Waals surface area contributed by atoms with Crippen LogP contribution in [-0.4, -0.2) is 4.98 Å². The summed E-state index contributed by atoms with van der Waals surface area (Å²) in [7, 11) is 0. The molecule has 68 valence electrons. The first-order chi connectivity index (χ1) is 5.52. The number of nitrogens with two attached hydrogens (primary N) is 1. The molecule has 1 atom stereocenters. The summed E-state index contributed by atoms with van der Waals surface area (Å²) in [6, 6.07) is 0.119. The van der Waals surface area contributed by atoms with Crippen LogP contribution in [0.2, 0.25) is 0 Å². The Balaban J connectivity index is 3.08. The van der Waals surface area contributed by atoms with Gasteiger partial charge in [-0.1, -0.05) is 13.8 Å². The molecule has 1 aromatic rings. The smallest absolute Gasteiger partial charge is 0.0900 e. The highest BCUT2D eigenvalue weighted by atomic mass is 32.1. The topological polar surface area (TPSA) is 38.9 Å². The minimum atomic E-state index is 0.119. The molecule has 1 aromatic heterocycles. The van der Waals surface area contributed by atoms with Gasteiger partial charge >= 0.3 is 0 Å². The Kier molecular flexibility index (Phi) is 2.85. The molecule has 2 nitrogen and oxygen atoms in total. The molecule has 1 rings (SSSR count). The van der Waals surface area contributed by atoms with E-state index in [2.05, 4.69) is 18.8 Å².